The van der Waals surface area contributed by atoms with Crippen molar-refractivity contribution in [2.24, 2.45) is 5.73 Å². The molecule has 0 radical (unpaired) electrons. The smallest absolute Gasteiger partial charge is 0.222 e. The van der Waals surface area contributed by atoms with Gasteiger partial charge in [0.05, 0.1) is 0 Å². The number of nitrogens with zero attached hydrogens (tertiary/aromatic N) is 1. The van der Waals surface area contributed by atoms with E-state index in [1.54, 1.807) is 0 Å². The summed E-state index contributed by atoms with van der Waals surface area (Å²) >= 11 is 0. The van der Waals surface area contributed by atoms with Crippen molar-refractivity contribution >= 4 is 5.91 Å². The summed E-state index contributed by atoms with van der Waals surface area (Å²) in [6, 6.07) is 0.562. The van der Waals surface area contributed by atoms with Gasteiger partial charge in [0, 0.05) is 25.0 Å². The third-order valence-electron chi connectivity index (χ3n) is 3.54. The first-order valence-corrected chi connectivity index (χ1v) is 5.84. The first-order valence-electron chi connectivity index (χ1n) is 5.84. The van der Waals surface area contributed by atoms with Crippen LogP contribution in [0.3, 0.4) is 0 Å². The monoisotopic (exact) mass is 196 g/mol. The van der Waals surface area contributed by atoms with Gasteiger partial charge < -0.3 is 10.6 Å². The van der Waals surface area contributed by atoms with Crippen molar-refractivity contribution in [3.8, 4) is 0 Å². The van der Waals surface area contributed by atoms with Crippen molar-refractivity contribution in [3.63, 3.8) is 0 Å². The van der Waals surface area contributed by atoms with Crippen LogP contribution in [0.15, 0.2) is 0 Å². The minimum absolute atomic E-state index is 0.222. The number of likely N-dealkylation sites (tertiary alicyclic amines) is 1. The molecule has 14 heavy (non-hydrogen) atoms. The lowest BCUT2D eigenvalue weighted by atomic mass is 10.0. The van der Waals surface area contributed by atoms with Gasteiger partial charge in [-0.05, 0) is 19.3 Å². The topological polar surface area (TPSA) is 46.3 Å². The van der Waals surface area contributed by atoms with Crippen LogP contribution in [0, 0.1) is 0 Å². The summed E-state index contributed by atoms with van der Waals surface area (Å²) in [6.45, 7) is 0.942. The summed E-state index contributed by atoms with van der Waals surface area (Å²) in [5.41, 5.74) is 6.13. The summed E-state index contributed by atoms with van der Waals surface area (Å²) in [5.74, 6) is 0.326. The molecule has 1 saturated heterocycles. The molecule has 2 fully saturated rings. The molecule has 1 saturated carbocycles. The molecule has 3 nitrogen and oxygen atoms in total. The lowest BCUT2D eigenvalue weighted by Crippen LogP contribution is -2.47. The van der Waals surface area contributed by atoms with Crippen molar-refractivity contribution in [2.45, 2.75) is 57.0 Å². The second-order valence-corrected chi connectivity index (χ2v) is 4.56. The number of rotatable bonds is 1. The van der Waals surface area contributed by atoms with Gasteiger partial charge in [0.15, 0.2) is 0 Å². The highest BCUT2D eigenvalue weighted by molar-refractivity contribution is 5.78. The molecule has 0 spiro atoms. The molecule has 2 N–H and O–H groups in total. The lowest BCUT2D eigenvalue weighted by molar-refractivity contribution is -0.130. The van der Waals surface area contributed by atoms with Gasteiger partial charge in [0.25, 0.3) is 0 Å². The molecule has 1 aliphatic heterocycles. The van der Waals surface area contributed by atoms with Gasteiger partial charge >= 0.3 is 0 Å². The molecule has 0 aromatic heterocycles. The minimum Gasteiger partial charge on any atom is -0.338 e. The first kappa shape index (κ1) is 9.97. The van der Waals surface area contributed by atoms with Crippen LogP contribution >= 0.6 is 0 Å². The molecule has 80 valence electrons. The SMILES string of the molecule is NC1CCCCCC1N1CCCC1=O. The van der Waals surface area contributed by atoms with E-state index in [-0.39, 0.29) is 6.04 Å². The third-order valence-corrected chi connectivity index (χ3v) is 3.54. The summed E-state index contributed by atoms with van der Waals surface area (Å²) in [5, 5.41) is 0. The maximum atomic E-state index is 11.6. The summed E-state index contributed by atoms with van der Waals surface area (Å²) < 4.78 is 0. The molecule has 1 heterocycles. The van der Waals surface area contributed by atoms with Crippen molar-refractivity contribution in [1.29, 1.82) is 0 Å². The standard InChI is InChI=1S/C11H20N2O/c12-9-5-2-1-3-6-10(9)13-8-4-7-11(13)14/h9-10H,1-8,12H2. The molecule has 0 bridgehead atoms. The van der Waals surface area contributed by atoms with Crippen LogP contribution < -0.4 is 5.73 Å². The number of nitrogens with two attached hydrogens (primary N) is 1. The highest BCUT2D eigenvalue weighted by atomic mass is 16.2. The summed E-state index contributed by atoms with van der Waals surface area (Å²) in [6.07, 6.45) is 7.74. The molecule has 0 aromatic rings. The van der Waals surface area contributed by atoms with E-state index in [4.69, 9.17) is 5.73 Å². The van der Waals surface area contributed by atoms with Crippen molar-refractivity contribution in [3.05, 3.63) is 0 Å². The van der Waals surface area contributed by atoms with Crippen LogP contribution in [-0.4, -0.2) is 29.4 Å². The summed E-state index contributed by atoms with van der Waals surface area (Å²) in [4.78, 5) is 13.6. The van der Waals surface area contributed by atoms with Crippen LogP contribution in [0.5, 0.6) is 0 Å². The van der Waals surface area contributed by atoms with Crippen molar-refractivity contribution in [1.82, 2.24) is 4.90 Å². The zero-order valence-corrected chi connectivity index (χ0v) is 8.74. The molecule has 1 amide bonds. The Hall–Kier alpha value is -0.570. The molecular weight excluding hydrogens is 176 g/mol. The Labute approximate surface area is 85.6 Å². The Bertz CT molecular complexity index is 217. The van der Waals surface area contributed by atoms with Gasteiger partial charge in [-0.2, -0.15) is 0 Å². The number of carbonyl (C=O) groups is 1. The second-order valence-electron chi connectivity index (χ2n) is 4.56. The largest absolute Gasteiger partial charge is 0.338 e. The van der Waals surface area contributed by atoms with Crippen LogP contribution in [0.1, 0.15) is 44.9 Å². The van der Waals surface area contributed by atoms with E-state index in [2.05, 4.69) is 0 Å². The van der Waals surface area contributed by atoms with E-state index < -0.39 is 0 Å². The maximum Gasteiger partial charge on any atom is 0.222 e. The highest BCUT2D eigenvalue weighted by Crippen LogP contribution is 2.24. The zero-order valence-electron chi connectivity index (χ0n) is 8.74. The predicted molar refractivity (Wildman–Crippen MR) is 55.8 cm³/mol. The first-order chi connectivity index (χ1) is 6.79. The predicted octanol–water partition coefficient (Wildman–Crippen LogP) is 1.27. The molecule has 2 atom stereocenters. The molecule has 2 rings (SSSR count). The van der Waals surface area contributed by atoms with Crippen LogP contribution in [-0.2, 0) is 4.79 Å². The van der Waals surface area contributed by atoms with Crippen molar-refractivity contribution in [2.75, 3.05) is 6.54 Å². The van der Waals surface area contributed by atoms with E-state index in [1.165, 1.54) is 19.3 Å². The fraction of sp³-hybridized carbons (Fsp3) is 0.909. The van der Waals surface area contributed by atoms with Crippen molar-refractivity contribution < 1.29 is 4.79 Å². The third kappa shape index (κ3) is 1.92. The average Bonchev–Trinajstić information content (AvgIpc) is 2.46. The van der Waals surface area contributed by atoms with E-state index in [0.717, 1.165) is 32.2 Å². The Morgan fingerprint density at radius 2 is 1.93 bits per heavy atom. The van der Waals surface area contributed by atoms with Gasteiger partial charge in [0.2, 0.25) is 5.91 Å². The van der Waals surface area contributed by atoms with Gasteiger partial charge in [-0.25, -0.2) is 0 Å². The molecule has 2 aliphatic rings. The number of amides is 1. The van der Waals surface area contributed by atoms with E-state index in [1.807, 2.05) is 4.90 Å². The fourth-order valence-corrected chi connectivity index (χ4v) is 2.72. The normalized spacial score (nSPS) is 34.6. The minimum atomic E-state index is 0.222. The molecule has 2 unspecified atom stereocenters. The molecule has 0 aromatic carbocycles. The van der Waals surface area contributed by atoms with Gasteiger partial charge in [-0.1, -0.05) is 19.3 Å². The van der Waals surface area contributed by atoms with Crippen LogP contribution in [0.2, 0.25) is 0 Å². The summed E-state index contributed by atoms with van der Waals surface area (Å²) in [7, 11) is 0. The van der Waals surface area contributed by atoms with Crippen LogP contribution in [0.4, 0.5) is 0 Å². The average molecular weight is 196 g/mol. The Morgan fingerprint density at radius 1 is 1.14 bits per heavy atom. The zero-order chi connectivity index (χ0) is 9.97. The van der Waals surface area contributed by atoms with Gasteiger partial charge in [0.1, 0.15) is 0 Å². The second kappa shape index (κ2) is 4.30. The molecule has 3 heteroatoms. The van der Waals surface area contributed by atoms with Gasteiger partial charge in [-0.15, -0.1) is 0 Å². The fourth-order valence-electron chi connectivity index (χ4n) is 2.72. The number of hydrogen-bond acceptors (Lipinski definition) is 2. The quantitative estimate of drug-likeness (QED) is 0.642. The highest BCUT2D eigenvalue weighted by Gasteiger charge is 2.32. The van der Waals surface area contributed by atoms with Crippen LogP contribution in [0.25, 0.3) is 0 Å². The number of hydrogen-bond donors (Lipinski definition) is 1. The van der Waals surface area contributed by atoms with E-state index in [0.29, 0.717) is 11.9 Å². The van der Waals surface area contributed by atoms with E-state index >= 15 is 0 Å². The van der Waals surface area contributed by atoms with Gasteiger partial charge in [-0.3, -0.25) is 4.79 Å². The molecule has 1 aliphatic carbocycles. The Balaban J connectivity index is 2.02. The Kier molecular flexibility index (Phi) is 3.06. The van der Waals surface area contributed by atoms with E-state index in [9.17, 15) is 4.79 Å². The Morgan fingerprint density at radius 3 is 2.64 bits per heavy atom. The molecular formula is C11H20N2O. The maximum absolute atomic E-state index is 11.6. The number of carbonyl (C=O) groups excluding carboxylic acids is 1. The lowest BCUT2D eigenvalue weighted by Gasteiger charge is -2.31.